The van der Waals surface area contributed by atoms with Crippen LogP contribution in [0.1, 0.15) is 51.9 Å². The average Bonchev–Trinajstić information content (AvgIpc) is 2.53. The van der Waals surface area contributed by atoms with E-state index in [-0.39, 0.29) is 5.92 Å². The van der Waals surface area contributed by atoms with Crippen LogP contribution in [-0.2, 0) is 9.53 Å². The highest BCUT2D eigenvalue weighted by molar-refractivity contribution is 5.83. The topological polar surface area (TPSA) is 26.3 Å². The van der Waals surface area contributed by atoms with Gasteiger partial charge in [-0.2, -0.15) is 0 Å². The van der Waals surface area contributed by atoms with Crippen LogP contribution in [-0.4, -0.2) is 19.5 Å². The molecule has 0 spiro atoms. The summed E-state index contributed by atoms with van der Waals surface area (Å²) in [5.41, 5.74) is 0. The largest absolute Gasteiger partial charge is 0.385 e. The van der Waals surface area contributed by atoms with Crippen molar-refractivity contribution in [3.8, 4) is 0 Å². The molecule has 15 heavy (non-hydrogen) atoms. The van der Waals surface area contributed by atoms with E-state index in [4.69, 9.17) is 4.74 Å². The lowest BCUT2D eigenvalue weighted by atomic mass is 9.87. The van der Waals surface area contributed by atoms with Crippen molar-refractivity contribution < 1.29 is 9.53 Å². The molecular weight excluding hydrogens is 188 g/mol. The van der Waals surface area contributed by atoms with E-state index in [1.807, 2.05) is 6.92 Å². The molecule has 2 nitrogen and oxygen atoms in total. The molecule has 88 valence electrons. The Balaban J connectivity index is 2.35. The third-order valence-corrected chi connectivity index (χ3v) is 3.50. The van der Waals surface area contributed by atoms with E-state index in [1.165, 1.54) is 25.7 Å². The Kier molecular flexibility index (Phi) is 5.92. The van der Waals surface area contributed by atoms with E-state index >= 15 is 0 Å². The maximum Gasteiger partial charge on any atom is 0.138 e. The van der Waals surface area contributed by atoms with Crippen LogP contribution in [0.4, 0.5) is 0 Å². The van der Waals surface area contributed by atoms with Crippen LogP contribution in [0.15, 0.2) is 0 Å². The molecule has 0 aromatic rings. The number of hydrogen-bond acceptors (Lipinski definition) is 2. The van der Waals surface area contributed by atoms with Crippen LogP contribution in [0.25, 0.3) is 0 Å². The molecule has 0 aromatic carbocycles. The van der Waals surface area contributed by atoms with E-state index in [0.29, 0.717) is 18.3 Å². The highest BCUT2D eigenvalue weighted by Crippen LogP contribution is 2.26. The van der Waals surface area contributed by atoms with Crippen LogP contribution < -0.4 is 0 Å². The zero-order valence-corrected chi connectivity index (χ0v) is 10.1. The van der Waals surface area contributed by atoms with Gasteiger partial charge in [0.1, 0.15) is 5.78 Å². The van der Waals surface area contributed by atoms with E-state index in [2.05, 4.69) is 0 Å². The van der Waals surface area contributed by atoms with Crippen molar-refractivity contribution in [3.05, 3.63) is 0 Å². The summed E-state index contributed by atoms with van der Waals surface area (Å²) in [5, 5.41) is 0. The fourth-order valence-electron chi connectivity index (χ4n) is 2.40. The van der Waals surface area contributed by atoms with Crippen LogP contribution in [0.3, 0.4) is 0 Å². The molecule has 1 aliphatic rings. The summed E-state index contributed by atoms with van der Waals surface area (Å²) in [6.07, 6.45) is 8.24. The first-order valence-electron chi connectivity index (χ1n) is 6.28. The molecule has 0 amide bonds. The molecule has 0 saturated heterocycles. The molecule has 2 heteroatoms. The second-order valence-corrected chi connectivity index (χ2v) is 4.77. The van der Waals surface area contributed by atoms with Gasteiger partial charge in [0.15, 0.2) is 0 Å². The predicted molar refractivity (Wildman–Crippen MR) is 61.9 cm³/mol. The van der Waals surface area contributed by atoms with Gasteiger partial charge in [-0.15, -0.1) is 0 Å². The average molecular weight is 212 g/mol. The van der Waals surface area contributed by atoms with Gasteiger partial charge < -0.3 is 4.74 Å². The molecule has 0 radical (unpaired) electrons. The lowest BCUT2D eigenvalue weighted by Crippen LogP contribution is -2.22. The summed E-state index contributed by atoms with van der Waals surface area (Å²) in [6, 6.07) is 0. The molecule has 1 aliphatic carbocycles. The summed E-state index contributed by atoms with van der Waals surface area (Å²) in [4.78, 5) is 12.1. The van der Waals surface area contributed by atoms with E-state index in [9.17, 15) is 4.79 Å². The van der Waals surface area contributed by atoms with Crippen molar-refractivity contribution in [2.24, 2.45) is 11.8 Å². The molecule has 0 bridgehead atoms. The fraction of sp³-hybridized carbons (Fsp3) is 0.923. The molecular formula is C13H24O2. The Labute approximate surface area is 93.4 Å². The Hall–Kier alpha value is -0.370. The predicted octanol–water partition coefficient (Wildman–Crippen LogP) is 3.20. The Morgan fingerprint density at radius 3 is 2.40 bits per heavy atom. The Morgan fingerprint density at radius 2 is 1.87 bits per heavy atom. The molecule has 0 aliphatic heterocycles. The zero-order chi connectivity index (χ0) is 11.1. The minimum Gasteiger partial charge on any atom is -0.385 e. The molecule has 0 heterocycles. The van der Waals surface area contributed by atoms with Gasteiger partial charge in [-0.3, -0.25) is 4.79 Å². The minimum atomic E-state index is 0.188. The van der Waals surface area contributed by atoms with Gasteiger partial charge in [0.05, 0.1) is 0 Å². The smallest absolute Gasteiger partial charge is 0.138 e. The van der Waals surface area contributed by atoms with Gasteiger partial charge in [-0.25, -0.2) is 0 Å². The van der Waals surface area contributed by atoms with Crippen LogP contribution in [0.2, 0.25) is 0 Å². The van der Waals surface area contributed by atoms with E-state index in [0.717, 1.165) is 19.3 Å². The zero-order valence-electron chi connectivity index (χ0n) is 10.1. The third-order valence-electron chi connectivity index (χ3n) is 3.50. The molecule has 0 N–H and O–H groups in total. The van der Waals surface area contributed by atoms with E-state index in [1.54, 1.807) is 7.11 Å². The molecule has 1 unspecified atom stereocenters. The highest BCUT2D eigenvalue weighted by atomic mass is 16.5. The minimum absolute atomic E-state index is 0.188. The van der Waals surface area contributed by atoms with Crippen molar-refractivity contribution in [1.29, 1.82) is 0 Å². The first-order chi connectivity index (χ1) is 7.25. The van der Waals surface area contributed by atoms with Crippen molar-refractivity contribution in [3.63, 3.8) is 0 Å². The van der Waals surface area contributed by atoms with Gasteiger partial charge in [0, 0.05) is 25.6 Å². The molecule has 1 saturated carbocycles. The van der Waals surface area contributed by atoms with E-state index < -0.39 is 0 Å². The van der Waals surface area contributed by atoms with Gasteiger partial charge in [0.25, 0.3) is 0 Å². The number of ketones is 1. The second kappa shape index (κ2) is 7.00. The lowest BCUT2D eigenvalue weighted by molar-refractivity contribution is -0.127. The maximum absolute atomic E-state index is 12.1. The summed E-state index contributed by atoms with van der Waals surface area (Å²) in [7, 11) is 1.70. The number of carbonyl (C=O) groups excluding carboxylic acids is 1. The van der Waals surface area contributed by atoms with Crippen molar-refractivity contribution >= 4 is 5.78 Å². The van der Waals surface area contributed by atoms with Gasteiger partial charge in [-0.05, 0) is 19.3 Å². The lowest BCUT2D eigenvalue weighted by Gasteiger charge is -2.17. The number of Topliss-reactive ketones (excluding diaryl/α,β-unsaturated/α-hetero) is 1. The fourth-order valence-corrected chi connectivity index (χ4v) is 2.40. The van der Waals surface area contributed by atoms with Gasteiger partial charge >= 0.3 is 0 Å². The number of methoxy groups -OCH3 is 1. The highest BCUT2D eigenvalue weighted by Gasteiger charge is 2.24. The monoisotopic (exact) mass is 212 g/mol. The van der Waals surface area contributed by atoms with Crippen molar-refractivity contribution in [2.45, 2.75) is 51.9 Å². The van der Waals surface area contributed by atoms with Crippen molar-refractivity contribution in [2.75, 3.05) is 13.7 Å². The molecule has 1 fully saturated rings. The summed E-state index contributed by atoms with van der Waals surface area (Å²) >= 11 is 0. The Morgan fingerprint density at radius 1 is 1.27 bits per heavy atom. The SMILES string of the molecule is COCCC(C)C(=O)C1CCCCCC1. The number of carbonyl (C=O) groups is 1. The normalized spacial score (nSPS) is 20.9. The maximum atomic E-state index is 12.1. The van der Waals surface area contributed by atoms with Gasteiger partial charge in [0.2, 0.25) is 0 Å². The summed E-state index contributed by atoms with van der Waals surface area (Å²) in [5.74, 6) is 1.02. The third kappa shape index (κ3) is 4.33. The first kappa shape index (κ1) is 12.7. The standard InChI is InChI=1S/C13H24O2/c1-11(9-10-15-2)13(14)12-7-5-3-4-6-8-12/h11-12H,3-10H2,1-2H3. The number of rotatable bonds is 5. The van der Waals surface area contributed by atoms with Crippen LogP contribution >= 0.6 is 0 Å². The first-order valence-corrected chi connectivity index (χ1v) is 6.28. The molecule has 1 atom stereocenters. The quantitative estimate of drug-likeness (QED) is 0.654. The second-order valence-electron chi connectivity index (χ2n) is 4.77. The van der Waals surface area contributed by atoms with Crippen LogP contribution in [0.5, 0.6) is 0 Å². The van der Waals surface area contributed by atoms with Crippen LogP contribution in [0, 0.1) is 11.8 Å². The number of ether oxygens (including phenoxy) is 1. The number of hydrogen-bond donors (Lipinski definition) is 0. The summed E-state index contributed by atoms with van der Waals surface area (Å²) in [6.45, 7) is 2.76. The van der Waals surface area contributed by atoms with Gasteiger partial charge in [-0.1, -0.05) is 32.6 Å². The molecule has 1 rings (SSSR count). The Bertz CT molecular complexity index is 181. The summed E-state index contributed by atoms with van der Waals surface area (Å²) < 4.78 is 5.02. The van der Waals surface area contributed by atoms with Crippen molar-refractivity contribution in [1.82, 2.24) is 0 Å². The molecule has 0 aromatic heterocycles.